The van der Waals surface area contributed by atoms with Crippen LogP contribution >= 0.6 is 0 Å². The number of rotatable bonds is 2. The molecule has 2 aromatic carbocycles. The maximum absolute atomic E-state index is 6.09. The minimum absolute atomic E-state index is 0.0731. The summed E-state index contributed by atoms with van der Waals surface area (Å²) in [6, 6.07) is 16.9. The third-order valence-corrected chi connectivity index (χ3v) is 5.30. The van der Waals surface area contributed by atoms with E-state index < -0.39 is 0 Å². The number of hydrogen-bond donors (Lipinski definition) is 0. The van der Waals surface area contributed by atoms with Crippen LogP contribution in [0.5, 0.6) is 5.75 Å². The highest BCUT2D eigenvalue weighted by Crippen LogP contribution is 2.42. The molecule has 2 aliphatic heterocycles. The summed E-state index contributed by atoms with van der Waals surface area (Å²) in [6.45, 7) is 4.35. The number of oxime groups is 1. The molecular weight excluding hydrogens is 312 g/mol. The van der Waals surface area contributed by atoms with E-state index in [1.165, 1.54) is 22.0 Å². The van der Waals surface area contributed by atoms with Crippen molar-refractivity contribution in [3.63, 3.8) is 0 Å². The van der Waals surface area contributed by atoms with Crippen LogP contribution in [0.2, 0.25) is 0 Å². The Balaban J connectivity index is 1.79. The summed E-state index contributed by atoms with van der Waals surface area (Å²) in [5.41, 5.74) is 4.81. The summed E-state index contributed by atoms with van der Waals surface area (Å²) < 4.78 is 8.40. The first-order valence-electron chi connectivity index (χ1n) is 8.86. The summed E-state index contributed by atoms with van der Waals surface area (Å²) >= 11 is 0. The molecule has 0 saturated carbocycles. The van der Waals surface area contributed by atoms with E-state index in [2.05, 4.69) is 65.3 Å². The Labute approximate surface area is 146 Å². The molecule has 3 heterocycles. The van der Waals surface area contributed by atoms with Crippen LogP contribution in [0.15, 0.2) is 59.9 Å². The highest BCUT2D eigenvalue weighted by Gasteiger charge is 2.38. The fourth-order valence-electron chi connectivity index (χ4n) is 4.08. The zero-order chi connectivity index (χ0) is 16.8. The van der Waals surface area contributed by atoms with Gasteiger partial charge < -0.3 is 14.1 Å². The maximum Gasteiger partial charge on any atom is 0.128 e. The number of aromatic nitrogens is 1. The topological polar surface area (TPSA) is 35.8 Å². The summed E-state index contributed by atoms with van der Waals surface area (Å²) in [7, 11) is 0. The molecule has 25 heavy (non-hydrogen) atoms. The molecule has 0 unspecified atom stereocenters. The average molecular weight is 332 g/mol. The minimum atomic E-state index is 0.0731. The van der Waals surface area contributed by atoms with Crippen LogP contribution in [-0.4, -0.2) is 23.5 Å². The standard InChI is InChI=1S/C21H20N2O2/c1-2-23-11-17(15-7-3-5-9-18(15)23)20-16-8-4-6-10-19(16)24-12-14-13-25-22-21(14)20/h3-11,14,20H,2,12-13H2,1H3/t14-,20+/m0/s1. The third kappa shape index (κ3) is 2.17. The molecule has 3 aromatic rings. The third-order valence-electron chi connectivity index (χ3n) is 5.30. The van der Waals surface area contributed by atoms with Gasteiger partial charge in [-0.3, -0.25) is 0 Å². The molecule has 5 rings (SSSR count). The van der Waals surface area contributed by atoms with Crippen LogP contribution in [0.1, 0.15) is 24.0 Å². The molecule has 4 heteroatoms. The SMILES string of the molecule is CCn1cc([C@@H]2C3=NOC[C@@H]3COc3ccccc32)c2ccccc21. The fourth-order valence-corrected chi connectivity index (χ4v) is 4.08. The first-order chi connectivity index (χ1) is 12.4. The van der Waals surface area contributed by atoms with Crippen molar-refractivity contribution in [2.24, 2.45) is 11.1 Å². The highest BCUT2D eigenvalue weighted by molar-refractivity contribution is 6.01. The van der Waals surface area contributed by atoms with Crippen molar-refractivity contribution >= 4 is 16.6 Å². The molecule has 0 aliphatic carbocycles. The van der Waals surface area contributed by atoms with Gasteiger partial charge in [0.25, 0.3) is 0 Å². The molecule has 1 aromatic heterocycles. The second kappa shape index (κ2) is 5.66. The Kier molecular flexibility index (Phi) is 3.30. The highest BCUT2D eigenvalue weighted by atomic mass is 16.6. The number of para-hydroxylation sites is 2. The predicted octanol–water partition coefficient (Wildman–Crippen LogP) is 4.19. The van der Waals surface area contributed by atoms with Crippen molar-refractivity contribution in [2.45, 2.75) is 19.4 Å². The molecule has 0 saturated heterocycles. The lowest BCUT2D eigenvalue weighted by molar-refractivity contribution is 0.137. The van der Waals surface area contributed by atoms with Crippen molar-refractivity contribution < 1.29 is 9.57 Å². The van der Waals surface area contributed by atoms with Gasteiger partial charge in [0, 0.05) is 29.2 Å². The largest absolute Gasteiger partial charge is 0.492 e. The Bertz CT molecular complexity index is 973. The van der Waals surface area contributed by atoms with Gasteiger partial charge in [-0.05, 0) is 24.6 Å². The van der Waals surface area contributed by atoms with Gasteiger partial charge >= 0.3 is 0 Å². The molecule has 0 bridgehead atoms. The molecule has 2 atom stereocenters. The zero-order valence-corrected chi connectivity index (χ0v) is 14.2. The number of ether oxygens (including phenoxy) is 1. The second-order valence-corrected chi connectivity index (χ2v) is 6.68. The van der Waals surface area contributed by atoms with Crippen LogP contribution in [0, 0.1) is 5.92 Å². The van der Waals surface area contributed by atoms with Crippen molar-refractivity contribution in [1.29, 1.82) is 0 Å². The first-order valence-corrected chi connectivity index (χ1v) is 8.86. The van der Waals surface area contributed by atoms with Crippen LogP contribution in [0.3, 0.4) is 0 Å². The van der Waals surface area contributed by atoms with E-state index in [1.807, 2.05) is 6.07 Å². The molecule has 0 radical (unpaired) electrons. The minimum Gasteiger partial charge on any atom is -0.492 e. The lowest BCUT2D eigenvalue weighted by atomic mass is 9.82. The van der Waals surface area contributed by atoms with Crippen LogP contribution in [-0.2, 0) is 11.4 Å². The van der Waals surface area contributed by atoms with Gasteiger partial charge in [0.05, 0.1) is 24.2 Å². The van der Waals surface area contributed by atoms with E-state index in [9.17, 15) is 0 Å². The van der Waals surface area contributed by atoms with Crippen molar-refractivity contribution in [3.8, 4) is 5.75 Å². The van der Waals surface area contributed by atoms with Crippen LogP contribution in [0.4, 0.5) is 0 Å². The Morgan fingerprint density at radius 1 is 1.04 bits per heavy atom. The van der Waals surface area contributed by atoms with Crippen molar-refractivity contribution in [1.82, 2.24) is 4.57 Å². The van der Waals surface area contributed by atoms with E-state index >= 15 is 0 Å². The Hall–Kier alpha value is -2.75. The normalized spacial score (nSPS) is 21.7. The van der Waals surface area contributed by atoms with E-state index in [-0.39, 0.29) is 11.8 Å². The molecule has 0 spiro atoms. The second-order valence-electron chi connectivity index (χ2n) is 6.68. The van der Waals surface area contributed by atoms with E-state index in [0.29, 0.717) is 13.2 Å². The van der Waals surface area contributed by atoms with Crippen molar-refractivity contribution in [2.75, 3.05) is 13.2 Å². The number of aryl methyl sites for hydroxylation is 1. The van der Waals surface area contributed by atoms with E-state index in [1.54, 1.807) is 0 Å². The first kappa shape index (κ1) is 14.6. The van der Waals surface area contributed by atoms with Gasteiger partial charge in [-0.1, -0.05) is 41.6 Å². The summed E-state index contributed by atoms with van der Waals surface area (Å²) in [6.07, 6.45) is 2.27. The summed E-state index contributed by atoms with van der Waals surface area (Å²) in [5.74, 6) is 1.24. The van der Waals surface area contributed by atoms with Gasteiger partial charge in [0.2, 0.25) is 0 Å². The molecule has 2 aliphatic rings. The zero-order valence-electron chi connectivity index (χ0n) is 14.2. The smallest absolute Gasteiger partial charge is 0.128 e. The van der Waals surface area contributed by atoms with Crippen LogP contribution in [0.25, 0.3) is 10.9 Å². The number of hydrogen-bond acceptors (Lipinski definition) is 3. The molecule has 0 N–H and O–H groups in total. The van der Waals surface area contributed by atoms with Gasteiger partial charge in [0.15, 0.2) is 0 Å². The van der Waals surface area contributed by atoms with E-state index in [0.717, 1.165) is 18.0 Å². The Morgan fingerprint density at radius 2 is 1.88 bits per heavy atom. The lowest BCUT2D eigenvalue weighted by Crippen LogP contribution is -2.23. The van der Waals surface area contributed by atoms with E-state index in [4.69, 9.17) is 9.57 Å². The summed E-state index contributed by atoms with van der Waals surface area (Å²) in [5, 5.41) is 5.72. The van der Waals surface area contributed by atoms with Gasteiger partial charge in [-0.15, -0.1) is 0 Å². The molecule has 0 amide bonds. The molecule has 4 nitrogen and oxygen atoms in total. The average Bonchev–Trinajstić information content (AvgIpc) is 3.23. The van der Waals surface area contributed by atoms with Gasteiger partial charge in [-0.25, -0.2) is 0 Å². The lowest BCUT2D eigenvalue weighted by Gasteiger charge is -2.17. The van der Waals surface area contributed by atoms with Gasteiger partial charge in [0.1, 0.15) is 12.4 Å². The van der Waals surface area contributed by atoms with Crippen LogP contribution < -0.4 is 4.74 Å². The quantitative estimate of drug-likeness (QED) is 0.705. The number of nitrogens with zero attached hydrogens (tertiary/aromatic N) is 2. The summed E-state index contributed by atoms with van der Waals surface area (Å²) in [4.78, 5) is 5.46. The monoisotopic (exact) mass is 332 g/mol. The number of fused-ring (bicyclic) bond motifs is 3. The molecule has 0 fully saturated rings. The number of benzene rings is 2. The Morgan fingerprint density at radius 3 is 2.80 bits per heavy atom. The molecule has 126 valence electrons. The maximum atomic E-state index is 6.09. The predicted molar refractivity (Wildman–Crippen MR) is 98.3 cm³/mol. The van der Waals surface area contributed by atoms with Gasteiger partial charge in [-0.2, -0.15) is 0 Å². The molecular formula is C21H20N2O2. The fraction of sp³-hybridized carbons (Fsp3) is 0.286. The van der Waals surface area contributed by atoms with Crippen molar-refractivity contribution in [3.05, 3.63) is 65.9 Å².